The van der Waals surface area contributed by atoms with E-state index in [1.54, 1.807) is 7.11 Å². The van der Waals surface area contributed by atoms with E-state index in [4.69, 9.17) is 9.47 Å². The van der Waals surface area contributed by atoms with Gasteiger partial charge in [-0.25, -0.2) is 4.99 Å². The van der Waals surface area contributed by atoms with Gasteiger partial charge in [0.05, 0.1) is 26.9 Å². The summed E-state index contributed by atoms with van der Waals surface area (Å²) in [4.78, 5) is 7.13. The molecule has 1 aliphatic heterocycles. The molecule has 1 aliphatic rings. The van der Waals surface area contributed by atoms with Crippen LogP contribution in [0.3, 0.4) is 0 Å². The lowest BCUT2D eigenvalue weighted by Crippen LogP contribution is -2.36. The van der Waals surface area contributed by atoms with Crippen LogP contribution in [0.25, 0.3) is 0 Å². The van der Waals surface area contributed by atoms with Gasteiger partial charge in [0.25, 0.3) is 0 Å². The predicted octanol–water partition coefficient (Wildman–Crippen LogP) is 2.78. The number of morpholine rings is 1. The fourth-order valence-electron chi connectivity index (χ4n) is 3.25. The van der Waals surface area contributed by atoms with Crippen LogP contribution in [-0.4, -0.2) is 50.8 Å². The van der Waals surface area contributed by atoms with Crippen LogP contribution in [0.15, 0.2) is 53.5 Å². The van der Waals surface area contributed by atoms with Gasteiger partial charge in [-0.05, 0) is 35.7 Å². The van der Waals surface area contributed by atoms with Crippen molar-refractivity contribution in [2.75, 3.05) is 40.0 Å². The van der Waals surface area contributed by atoms with Gasteiger partial charge in [-0.3, -0.25) is 4.90 Å². The molecule has 0 radical (unpaired) electrons. The topological polar surface area (TPSA) is 58.1 Å². The first-order valence-electron chi connectivity index (χ1n) is 10.3. The molecule has 0 saturated carbocycles. The van der Waals surface area contributed by atoms with E-state index in [9.17, 15) is 0 Å². The van der Waals surface area contributed by atoms with Gasteiger partial charge in [-0.15, -0.1) is 0 Å². The summed E-state index contributed by atoms with van der Waals surface area (Å²) in [6, 6.07) is 16.8. The fraction of sp³-hybridized carbons (Fsp3) is 0.435. The largest absolute Gasteiger partial charge is 0.497 e. The van der Waals surface area contributed by atoms with Crippen molar-refractivity contribution < 1.29 is 9.47 Å². The second-order valence-electron chi connectivity index (χ2n) is 7.11. The average Bonchev–Trinajstić information content (AvgIpc) is 2.77. The van der Waals surface area contributed by atoms with Gasteiger partial charge in [-0.2, -0.15) is 0 Å². The monoisotopic (exact) mass is 396 g/mol. The molecule has 0 spiro atoms. The Bertz CT molecular complexity index is 771. The van der Waals surface area contributed by atoms with E-state index in [1.807, 2.05) is 18.2 Å². The Hall–Kier alpha value is -2.57. The summed E-state index contributed by atoms with van der Waals surface area (Å²) in [7, 11) is 1.68. The fourth-order valence-corrected chi connectivity index (χ4v) is 3.25. The van der Waals surface area contributed by atoms with Crippen LogP contribution in [0.2, 0.25) is 0 Å². The van der Waals surface area contributed by atoms with Crippen molar-refractivity contribution in [3.8, 4) is 5.75 Å². The van der Waals surface area contributed by atoms with Crippen LogP contribution in [-0.2, 0) is 24.4 Å². The molecule has 2 aromatic rings. The molecule has 0 unspecified atom stereocenters. The standard InChI is InChI=1S/C23H32N4O2/c1-3-24-23(26-17-21-5-4-6-22(15-21)28-2)25-16-19-7-9-20(10-8-19)18-27-11-13-29-14-12-27/h4-10,15H,3,11-14,16-18H2,1-2H3,(H2,24,25,26). The highest BCUT2D eigenvalue weighted by Gasteiger charge is 2.10. The van der Waals surface area contributed by atoms with Gasteiger partial charge in [0.15, 0.2) is 5.96 Å². The molecule has 0 bridgehead atoms. The molecule has 156 valence electrons. The zero-order chi connectivity index (χ0) is 20.3. The van der Waals surface area contributed by atoms with Crippen molar-refractivity contribution in [2.24, 2.45) is 4.99 Å². The smallest absolute Gasteiger partial charge is 0.191 e. The summed E-state index contributed by atoms with van der Waals surface area (Å²) in [5.74, 6) is 1.67. The first kappa shape index (κ1) is 21.1. The molecule has 1 fully saturated rings. The van der Waals surface area contributed by atoms with Gasteiger partial charge in [0.1, 0.15) is 5.75 Å². The van der Waals surface area contributed by atoms with E-state index < -0.39 is 0 Å². The number of benzene rings is 2. The lowest BCUT2D eigenvalue weighted by atomic mass is 10.1. The molecular weight excluding hydrogens is 364 g/mol. The van der Waals surface area contributed by atoms with E-state index in [1.165, 1.54) is 11.1 Å². The number of ether oxygens (including phenoxy) is 2. The first-order chi connectivity index (χ1) is 14.3. The highest BCUT2D eigenvalue weighted by molar-refractivity contribution is 5.79. The minimum Gasteiger partial charge on any atom is -0.497 e. The van der Waals surface area contributed by atoms with Gasteiger partial charge >= 0.3 is 0 Å². The number of methoxy groups -OCH3 is 1. The summed E-state index contributed by atoms with van der Waals surface area (Å²) >= 11 is 0. The Morgan fingerprint density at radius 3 is 2.52 bits per heavy atom. The van der Waals surface area contributed by atoms with Crippen LogP contribution in [0, 0.1) is 0 Å². The minimum absolute atomic E-state index is 0.602. The summed E-state index contributed by atoms with van der Waals surface area (Å²) in [5.41, 5.74) is 3.70. The van der Waals surface area contributed by atoms with Crippen LogP contribution >= 0.6 is 0 Å². The number of aliphatic imine (C=N–C) groups is 1. The van der Waals surface area contributed by atoms with Crippen molar-refractivity contribution in [2.45, 2.75) is 26.6 Å². The zero-order valence-electron chi connectivity index (χ0n) is 17.5. The van der Waals surface area contributed by atoms with Crippen molar-refractivity contribution >= 4 is 5.96 Å². The molecule has 0 atom stereocenters. The maximum absolute atomic E-state index is 5.42. The maximum Gasteiger partial charge on any atom is 0.191 e. The lowest BCUT2D eigenvalue weighted by molar-refractivity contribution is 0.0342. The van der Waals surface area contributed by atoms with Crippen molar-refractivity contribution in [3.05, 3.63) is 65.2 Å². The Morgan fingerprint density at radius 1 is 1.03 bits per heavy atom. The molecule has 2 N–H and O–H groups in total. The number of guanidine groups is 1. The molecule has 2 aromatic carbocycles. The third kappa shape index (κ3) is 7.07. The molecular formula is C23H32N4O2. The van der Waals surface area contributed by atoms with Crippen molar-refractivity contribution in [1.29, 1.82) is 0 Å². The first-order valence-corrected chi connectivity index (χ1v) is 10.3. The summed E-state index contributed by atoms with van der Waals surface area (Å²) in [6.07, 6.45) is 0. The summed E-state index contributed by atoms with van der Waals surface area (Å²) in [5, 5.41) is 6.72. The van der Waals surface area contributed by atoms with Crippen LogP contribution in [0.5, 0.6) is 5.75 Å². The average molecular weight is 397 g/mol. The number of rotatable bonds is 8. The Balaban J connectivity index is 1.52. The Labute approximate surface area is 173 Å². The minimum atomic E-state index is 0.602. The van der Waals surface area contributed by atoms with Gasteiger partial charge in [0.2, 0.25) is 0 Å². The third-order valence-electron chi connectivity index (χ3n) is 4.89. The summed E-state index contributed by atoms with van der Waals surface area (Å²) in [6.45, 7) is 8.92. The summed E-state index contributed by atoms with van der Waals surface area (Å²) < 4.78 is 10.7. The molecule has 6 nitrogen and oxygen atoms in total. The molecule has 1 saturated heterocycles. The predicted molar refractivity (Wildman–Crippen MR) is 117 cm³/mol. The number of nitrogens with one attached hydrogen (secondary N) is 2. The van der Waals surface area contributed by atoms with Gasteiger partial charge in [-0.1, -0.05) is 36.4 Å². The van der Waals surface area contributed by atoms with E-state index in [0.717, 1.165) is 63.2 Å². The molecule has 3 rings (SSSR count). The van der Waals surface area contributed by atoms with E-state index in [0.29, 0.717) is 6.54 Å². The second kappa shape index (κ2) is 11.4. The second-order valence-corrected chi connectivity index (χ2v) is 7.11. The number of hydrogen-bond acceptors (Lipinski definition) is 4. The van der Waals surface area contributed by atoms with Crippen molar-refractivity contribution in [1.82, 2.24) is 15.5 Å². The van der Waals surface area contributed by atoms with Crippen LogP contribution in [0.1, 0.15) is 23.6 Å². The Morgan fingerprint density at radius 2 is 1.79 bits per heavy atom. The van der Waals surface area contributed by atoms with Crippen LogP contribution in [0.4, 0.5) is 0 Å². The van der Waals surface area contributed by atoms with Crippen LogP contribution < -0.4 is 15.4 Å². The Kier molecular flexibility index (Phi) is 8.34. The molecule has 0 amide bonds. The van der Waals surface area contributed by atoms with Gasteiger partial charge < -0.3 is 20.1 Å². The molecule has 1 heterocycles. The third-order valence-corrected chi connectivity index (χ3v) is 4.89. The molecule has 6 heteroatoms. The highest BCUT2D eigenvalue weighted by Crippen LogP contribution is 2.13. The molecule has 0 aromatic heterocycles. The molecule has 29 heavy (non-hydrogen) atoms. The lowest BCUT2D eigenvalue weighted by Gasteiger charge is -2.26. The molecule has 0 aliphatic carbocycles. The SMILES string of the molecule is CCNC(=NCc1cccc(OC)c1)NCc1ccc(CN2CCOCC2)cc1. The van der Waals surface area contributed by atoms with E-state index in [2.05, 4.69) is 57.8 Å². The maximum atomic E-state index is 5.42. The number of hydrogen-bond donors (Lipinski definition) is 2. The zero-order valence-corrected chi connectivity index (χ0v) is 17.5. The highest BCUT2D eigenvalue weighted by atomic mass is 16.5. The van der Waals surface area contributed by atoms with Gasteiger partial charge in [0, 0.05) is 32.7 Å². The van der Waals surface area contributed by atoms with E-state index >= 15 is 0 Å². The number of nitrogens with zero attached hydrogens (tertiary/aromatic N) is 2. The van der Waals surface area contributed by atoms with Crippen molar-refractivity contribution in [3.63, 3.8) is 0 Å². The normalized spacial score (nSPS) is 15.2. The quantitative estimate of drug-likeness (QED) is 0.531. The van der Waals surface area contributed by atoms with E-state index in [-0.39, 0.29) is 0 Å².